The van der Waals surface area contributed by atoms with Crippen LogP contribution in [-0.4, -0.2) is 28.0 Å². The number of aryl methyl sites for hydroxylation is 2. The van der Waals surface area contributed by atoms with Crippen molar-refractivity contribution in [3.05, 3.63) is 29.3 Å². The molecule has 3 rings (SSSR count). The Bertz CT molecular complexity index is 540. The molecule has 0 spiro atoms. The van der Waals surface area contributed by atoms with Crippen LogP contribution in [0.3, 0.4) is 0 Å². The van der Waals surface area contributed by atoms with Crippen LogP contribution in [-0.2, 0) is 13.1 Å². The molecular weight excluding hydrogens is 242 g/mol. The van der Waals surface area contributed by atoms with Crippen molar-refractivity contribution in [2.75, 3.05) is 18.4 Å². The van der Waals surface area contributed by atoms with Crippen molar-refractivity contribution in [1.29, 1.82) is 0 Å². The van der Waals surface area contributed by atoms with Gasteiger partial charge in [0.1, 0.15) is 11.6 Å². The fraction of sp³-hybridized carbons (Fsp3) is 0.538. The summed E-state index contributed by atoms with van der Waals surface area (Å²) in [6, 6.07) is 2.01. The Morgan fingerprint density at radius 3 is 3.21 bits per heavy atom. The molecule has 0 bridgehead atoms. The maximum Gasteiger partial charge on any atom is 0.138 e. The third-order valence-corrected chi connectivity index (χ3v) is 3.64. The van der Waals surface area contributed by atoms with Crippen molar-refractivity contribution in [3.63, 3.8) is 0 Å². The van der Waals surface area contributed by atoms with Gasteiger partial charge in [-0.1, -0.05) is 5.16 Å². The third-order valence-electron chi connectivity index (χ3n) is 3.64. The van der Waals surface area contributed by atoms with Gasteiger partial charge < -0.3 is 15.2 Å². The van der Waals surface area contributed by atoms with Crippen molar-refractivity contribution in [3.8, 4) is 0 Å². The summed E-state index contributed by atoms with van der Waals surface area (Å²) >= 11 is 0. The molecule has 2 N–H and O–H groups in total. The molecule has 3 heterocycles. The molecule has 0 fully saturated rings. The van der Waals surface area contributed by atoms with E-state index in [4.69, 9.17) is 4.52 Å². The van der Waals surface area contributed by atoms with Crippen molar-refractivity contribution in [2.24, 2.45) is 5.92 Å². The summed E-state index contributed by atoms with van der Waals surface area (Å²) in [7, 11) is 0. The van der Waals surface area contributed by atoms with E-state index in [2.05, 4.69) is 20.9 Å². The summed E-state index contributed by atoms with van der Waals surface area (Å²) < 4.78 is 7.18. The van der Waals surface area contributed by atoms with E-state index in [1.807, 2.05) is 30.8 Å². The van der Waals surface area contributed by atoms with E-state index >= 15 is 0 Å². The lowest BCUT2D eigenvalue weighted by molar-refractivity contribution is 0.385. The third kappa shape index (κ3) is 2.49. The lowest BCUT2D eigenvalue weighted by Crippen LogP contribution is -2.35. The van der Waals surface area contributed by atoms with Crippen LogP contribution in [0.5, 0.6) is 0 Å². The van der Waals surface area contributed by atoms with E-state index in [0.717, 1.165) is 43.5 Å². The van der Waals surface area contributed by atoms with Gasteiger partial charge in [0, 0.05) is 43.7 Å². The maximum atomic E-state index is 5.16. The molecule has 0 saturated heterocycles. The van der Waals surface area contributed by atoms with Crippen LogP contribution in [0.2, 0.25) is 0 Å². The van der Waals surface area contributed by atoms with Crippen LogP contribution in [0.1, 0.15) is 17.0 Å². The quantitative estimate of drug-likeness (QED) is 0.868. The minimum atomic E-state index is 0.549. The maximum absolute atomic E-state index is 5.16. The minimum Gasteiger partial charge on any atom is -0.370 e. The number of hydrogen-bond donors (Lipinski definition) is 2. The summed E-state index contributed by atoms with van der Waals surface area (Å²) in [4.78, 5) is 0. The van der Waals surface area contributed by atoms with Crippen molar-refractivity contribution >= 4 is 5.82 Å². The Balaban J connectivity index is 1.51. The lowest BCUT2D eigenvalue weighted by Gasteiger charge is -2.25. The van der Waals surface area contributed by atoms with E-state index < -0.39 is 0 Å². The van der Waals surface area contributed by atoms with Crippen molar-refractivity contribution in [2.45, 2.75) is 26.9 Å². The van der Waals surface area contributed by atoms with Gasteiger partial charge in [-0.05, 0) is 13.8 Å². The SMILES string of the molecule is Cc1noc(C)c1CNC[C@H]1CNc2ccnn2C1. The number of anilines is 1. The number of nitrogens with zero attached hydrogens (tertiary/aromatic N) is 3. The van der Waals surface area contributed by atoms with Gasteiger partial charge in [-0.2, -0.15) is 5.10 Å². The molecule has 1 aliphatic rings. The highest BCUT2D eigenvalue weighted by Gasteiger charge is 2.18. The fourth-order valence-corrected chi connectivity index (χ4v) is 2.48. The van der Waals surface area contributed by atoms with Crippen molar-refractivity contribution < 1.29 is 4.52 Å². The zero-order valence-corrected chi connectivity index (χ0v) is 11.3. The second-order valence-corrected chi connectivity index (χ2v) is 5.08. The molecule has 19 heavy (non-hydrogen) atoms. The molecule has 0 saturated carbocycles. The van der Waals surface area contributed by atoms with Crippen molar-refractivity contribution in [1.82, 2.24) is 20.3 Å². The van der Waals surface area contributed by atoms with Gasteiger partial charge in [0.15, 0.2) is 0 Å². The molecular formula is C13H19N5O. The molecule has 102 valence electrons. The summed E-state index contributed by atoms with van der Waals surface area (Å²) in [5.74, 6) is 2.57. The molecule has 0 radical (unpaired) electrons. The number of nitrogens with one attached hydrogen (secondary N) is 2. The van der Waals surface area contributed by atoms with E-state index in [0.29, 0.717) is 5.92 Å². The number of aromatic nitrogens is 3. The first-order chi connectivity index (χ1) is 9.24. The van der Waals surface area contributed by atoms with Gasteiger partial charge in [0.25, 0.3) is 0 Å². The van der Waals surface area contributed by atoms with Gasteiger partial charge in [0.2, 0.25) is 0 Å². The van der Waals surface area contributed by atoms with Crippen LogP contribution in [0.15, 0.2) is 16.8 Å². The molecule has 0 unspecified atom stereocenters. The largest absolute Gasteiger partial charge is 0.370 e. The monoisotopic (exact) mass is 261 g/mol. The highest BCUT2D eigenvalue weighted by Crippen LogP contribution is 2.16. The molecule has 0 amide bonds. The predicted molar refractivity (Wildman–Crippen MR) is 71.9 cm³/mol. The van der Waals surface area contributed by atoms with E-state index in [1.165, 1.54) is 5.56 Å². The van der Waals surface area contributed by atoms with Gasteiger partial charge in [0.05, 0.1) is 11.9 Å². The first kappa shape index (κ1) is 12.2. The standard InChI is InChI=1S/C13H19N5O/c1-9-12(10(2)19-17-9)7-14-5-11-6-15-13-3-4-16-18(13)8-11/h3-4,11,14-15H,5-8H2,1-2H3/t11-/m0/s1. The van der Waals surface area contributed by atoms with Crippen LogP contribution < -0.4 is 10.6 Å². The number of rotatable bonds is 4. The molecule has 1 atom stereocenters. The van der Waals surface area contributed by atoms with E-state index in [-0.39, 0.29) is 0 Å². The van der Waals surface area contributed by atoms with E-state index in [1.54, 1.807) is 0 Å². The van der Waals surface area contributed by atoms with Crippen LogP contribution in [0, 0.1) is 19.8 Å². The summed E-state index contributed by atoms with van der Waals surface area (Å²) in [5.41, 5.74) is 2.14. The Kier molecular flexibility index (Phi) is 3.25. The number of fused-ring (bicyclic) bond motifs is 1. The Morgan fingerprint density at radius 2 is 2.42 bits per heavy atom. The van der Waals surface area contributed by atoms with Gasteiger partial charge in [-0.25, -0.2) is 4.68 Å². The highest BCUT2D eigenvalue weighted by atomic mass is 16.5. The molecule has 0 aliphatic carbocycles. The molecule has 6 heteroatoms. The van der Waals surface area contributed by atoms with Crippen LogP contribution in [0.4, 0.5) is 5.82 Å². The molecule has 2 aromatic heterocycles. The zero-order chi connectivity index (χ0) is 13.2. The normalized spacial score (nSPS) is 18.1. The summed E-state index contributed by atoms with van der Waals surface area (Å²) in [5, 5.41) is 15.1. The van der Waals surface area contributed by atoms with Crippen LogP contribution in [0.25, 0.3) is 0 Å². The summed E-state index contributed by atoms with van der Waals surface area (Å²) in [6.07, 6.45) is 1.84. The Morgan fingerprint density at radius 1 is 1.53 bits per heavy atom. The fourth-order valence-electron chi connectivity index (χ4n) is 2.48. The lowest BCUT2D eigenvalue weighted by atomic mass is 10.1. The van der Waals surface area contributed by atoms with Gasteiger partial charge in [-0.15, -0.1) is 0 Å². The van der Waals surface area contributed by atoms with Crippen LogP contribution >= 0.6 is 0 Å². The predicted octanol–water partition coefficient (Wildman–Crippen LogP) is 1.32. The molecule has 0 aromatic carbocycles. The highest BCUT2D eigenvalue weighted by molar-refractivity contribution is 5.35. The molecule has 1 aliphatic heterocycles. The van der Waals surface area contributed by atoms with Gasteiger partial charge >= 0.3 is 0 Å². The minimum absolute atomic E-state index is 0.549. The smallest absolute Gasteiger partial charge is 0.138 e. The van der Waals surface area contributed by atoms with E-state index in [9.17, 15) is 0 Å². The molecule has 2 aromatic rings. The average molecular weight is 261 g/mol. The van der Waals surface area contributed by atoms with Gasteiger partial charge in [-0.3, -0.25) is 0 Å². The second kappa shape index (κ2) is 5.05. The second-order valence-electron chi connectivity index (χ2n) is 5.08. The Labute approximate surface area is 112 Å². The molecule has 6 nitrogen and oxygen atoms in total. The number of hydrogen-bond acceptors (Lipinski definition) is 5. The Hall–Kier alpha value is -1.82. The summed E-state index contributed by atoms with van der Waals surface area (Å²) in [6.45, 7) is 7.64. The average Bonchev–Trinajstić information content (AvgIpc) is 2.99. The first-order valence-corrected chi connectivity index (χ1v) is 6.62. The zero-order valence-electron chi connectivity index (χ0n) is 11.3. The first-order valence-electron chi connectivity index (χ1n) is 6.62. The topological polar surface area (TPSA) is 67.9 Å².